The highest BCUT2D eigenvalue weighted by Crippen LogP contribution is 2.36. The maximum atomic E-state index is 4.30. The number of rotatable bonds is 4. The molecule has 108 valence electrons. The van der Waals surface area contributed by atoms with E-state index < -0.39 is 0 Å². The third-order valence-corrected chi connectivity index (χ3v) is 3.93. The Kier molecular flexibility index (Phi) is 4.08. The first-order chi connectivity index (χ1) is 9.26. The van der Waals surface area contributed by atoms with Gasteiger partial charge in [0.2, 0.25) is 0 Å². The first kappa shape index (κ1) is 14.9. The van der Waals surface area contributed by atoms with Gasteiger partial charge in [-0.3, -0.25) is 0 Å². The Balaban J connectivity index is 2.03. The van der Waals surface area contributed by atoms with Crippen LogP contribution in [0, 0.1) is 18.3 Å². The lowest BCUT2D eigenvalue weighted by Crippen LogP contribution is -2.52. The highest BCUT2D eigenvalue weighted by molar-refractivity contribution is 5.31. The monoisotopic (exact) mass is 269 g/mol. The molecule has 0 aliphatic carbocycles. The topological polar surface area (TPSA) is 12.0 Å². The van der Waals surface area contributed by atoms with E-state index in [4.69, 9.17) is 0 Å². The van der Waals surface area contributed by atoms with Crippen LogP contribution < -0.4 is 5.32 Å². The average Bonchev–Trinajstić information content (AvgIpc) is 2.31. The van der Waals surface area contributed by atoms with Gasteiger partial charge in [-0.05, 0) is 30.7 Å². The lowest BCUT2D eigenvalue weighted by molar-refractivity contribution is 0.309. The molecule has 2 rings (SSSR count). The molecule has 0 spiro atoms. The minimum absolute atomic E-state index is 0.295. The van der Waals surface area contributed by atoms with Crippen LogP contribution in [0.4, 0.5) is 0 Å². The normalized spacial score (nSPS) is 22.1. The Morgan fingerprint density at radius 1 is 1.30 bits per heavy atom. The van der Waals surface area contributed by atoms with Crippen LogP contribution in [0.5, 0.6) is 0 Å². The molecule has 0 amide bonds. The van der Waals surface area contributed by atoms with Crippen LogP contribution in [-0.4, -0.2) is 6.04 Å². The third-order valence-electron chi connectivity index (χ3n) is 3.93. The van der Waals surface area contributed by atoms with Gasteiger partial charge >= 0.3 is 0 Å². The molecular formula is C19H27N. The summed E-state index contributed by atoms with van der Waals surface area (Å²) in [5.41, 5.74) is 5.48. The molecule has 1 aliphatic heterocycles. The predicted octanol–water partition coefficient (Wildman–Crippen LogP) is 4.63. The lowest BCUT2D eigenvalue weighted by atomic mass is 9.75. The molecule has 1 fully saturated rings. The van der Waals surface area contributed by atoms with Crippen LogP contribution in [0.2, 0.25) is 0 Å². The molecule has 0 aromatic heterocycles. The van der Waals surface area contributed by atoms with Gasteiger partial charge in [-0.25, -0.2) is 0 Å². The van der Waals surface area contributed by atoms with Crippen molar-refractivity contribution in [3.8, 4) is 0 Å². The fourth-order valence-electron chi connectivity index (χ4n) is 3.02. The van der Waals surface area contributed by atoms with Gasteiger partial charge in [0.25, 0.3) is 0 Å². The van der Waals surface area contributed by atoms with Crippen LogP contribution in [0.1, 0.15) is 38.3 Å². The first-order valence-electron chi connectivity index (χ1n) is 7.45. The molecule has 1 saturated heterocycles. The minimum atomic E-state index is 0.295. The van der Waals surface area contributed by atoms with E-state index in [0.29, 0.717) is 17.4 Å². The average molecular weight is 269 g/mol. The summed E-state index contributed by atoms with van der Waals surface area (Å²) in [5, 5.41) is 3.46. The van der Waals surface area contributed by atoms with E-state index in [1.165, 1.54) is 16.7 Å². The first-order valence-corrected chi connectivity index (χ1v) is 7.45. The zero-order valence-corrected chi connectivity index (χ0v) is 13.3. The van der Waals surface area contributed by atoms with Gasteiger partial charge in [0, 0.05) is 11.6 Å². The number of hydrogen-bond acceptors (Lipinski definition) is 1. The molecule has 0 saturated carbocycles. The molecule has 0 bridgehead atoms. The molecule has 1 aliphatic rings. The summed E-state index contributed by atoms with van der Waals surface area (Å²) >= 11 is 0. The number of benzene rings is 1. The maximum Gasteiger partial charge on any atom is 0.0554 e. The van der Waals surface area contributed by atoms with E-state index in [1.54, 1.807) is 0 Å². The largest absolute Gasteiger partial charge is 0.381 e. The highest BCUT2D eigenvalue weighted by Gasteiger charge is 2.36. The summed E-state index contributed by atoms with van der Waals surface area (Å²) in [7, 11) is 0. The van der Waals surface area contributed by atoms with Crippen molar-refractivity contribution in [3.63, 3.8) is 0 Å². The van der Waals surface area contributed by atoms with E-state index in [2.05, 4.69) is 70.4 Å². The van der Waals surface area contributed by atoms with Gasteiger partial charge in [-0.2, -0.15) is 0 Å². The Morgan fingerprint density at radius 3 is 2.55 bits per heavy atom. The maximum absolute atomic E-state index is 4.30. The van der Waals surface area contributed by atoms with Gasteiger partial charge in [0.1, 0.15) is 0 Å². The van der Waals surface area contributed by atoms with Gasteiger partial charge in [-0.1, -0.05) is 69.3 Å². The van der Waals surface area contributed by atoms with E-state index >= 15 is 0 Å². The van der Waals surface area contributed by atoms with Gasteiger partial charge in [0.15, 0.2) is 0 Å². The highest BCUT2D eigenvalue weighted by atomic mass is 15.0. The van der Waals surface area contributed by atoms with Crippen LogP contribution in [0.15, 0.2) is 48.7 Å². The van der Waals surface area contributed by atoms with E-state index in [0.717, 1.165) is 18.5 Å². The molecule has 1 N–H and O–H groups in total. The smallest absolute Gasteiger partial charge is 0.0554 e. The van der Waals surface area contributed by atoms with Gasteiger partial charge in [0.05, 0.1) is 6.04 Å². The van der Waals surface area contributed by atoms with Crippen molar-refractivity contribution in [2.45, 2.75) is 46.6 Å². The molecule has 1 nitrogen and oxygen atoms in total. The summed E-state index contributed by atoms with van der Waals surface area (Å²) in [4.78, 5) is 0. The number of hydrogen-bond donors (Lipinski definition) is 1. The summed E-state index contributed by atoms with van der Waals surface area (Å²) in [6.07, 6.45) is 2.11. The predicted molar refractivity (Wildman–Crippen MR) is 87.6 cm³/mol. The Hall–Kier alpha value is -1.50. The Bertz CT molecular complexity index is 519. The molecule has 1 aromatic rings. The quantitative estimate of drug-likeness (QED) is 0.786. The molecule has 1 aromatic carbocycles. The molecule has 0 radical (unpaired) electrons. The second-order valence-electron chi connectivity index (χ2n) is 7.34. The SMILES string of the molecule is C=C1NC(C(=C)CC(C)(C)C)C1Cc1cccc(C)c1. The second-order valence-corrected chi connectivity index (χ2v) is 7.34. The van der Waals surface area contributed by atoms with E-state index in [9.17, 15) is 0 Å². The van der Waals surface area contributed by atoms with Crippen LogP contribution in [0.3, 0.4) is 0 Å². The van der Waals surface area contributed by atoms with Crippen molar-refractivity contribution in [1.82, 2.24) is 5.32 Å². The zero-order chi connectivity index (χ0) is 14.9. The summed E-state index contributed by atoms with van der Waals surface area (Å²) in [6.45, 7) is 17.4. The second kappa shape index (κ2) is 5.47. The minimum Gasteiger partial charge on any atom is -0.381 e. The Morgan fingerprint density at radius 2 is 2.00 bits per heavy atom. The van der Waals surface area contributed by atoms with E-state index in [-0.39, 0.29) is 0 Å². The van der Waals surface area contributed by atoms with Gasteiger partial charge in [-0.15, -0.1) is 0 Å². The van der Waals surface area contributed by atoms with Crippen LogP contribution in [0.25, 0.3) is 0 Å². The van der Waals surface area contributed by atoms with Crippen LogP contribution >= 0.6 is 0 Å². The number of nitrogens with one attached hydrogen (secondary N) is 1. The van der Waals surface area contributed by atoms with E-state index in [1.807, 2.05) is 0 Å². The summed E-state index contributed by atoms with van der Waals surface area (Å²) in [6, 6.07) is 9.16. The molecule has 20 heavy (non-hydrogen) atoms. The molecule has 2 unspecified atom stereocenters. The molecule has 1 heterocycles. The van der Waals surface area contributed by atoms with Crippen molar-refractivity contribution in [2.24, 2.45) is 11.3 Å². The Labute approximate surface area is 123 Å². The van der Waals surface area contributed by atoms with Crippen molar-refractivity contribution in [2.75, 3.05) is 0 Å². The van der Waals surface area contributed by atoms with Crippen molar-refractivity contribution >= 4 is 0 Å². The molecular weight excluding hydrogens is 242 g/mol. The van der Waals surface area contributed by atoms with Crippen LogP contribution in [-0.2, 0) is 6.42 Å². The zero-order valence-electron chi connectivity index (χ0n) is 13.3. The van der Waals surface area contributed by atoms with Crippen molar-refractivity contribution in [1.29, 1.82) is 0 Å². The fraction of sp³-hybridized carbons (Fsp3) is 0.474. The fourth-order valence-corrected chi connectivity index (χ4v) is 3.02. The molecule has 1 heteroatoms. The van der Waals surface area contributed by atoms with Crippen molar-refractivity contribution in [3.05, 3.63) is 59.8 Å². The standard InChI is InChI=1S/C19H27N/c1-13-8-7-9-16(10-13)11-17-15(3)20-18(17)14(2)12-19(4,5)6/h7-10,17-18,20H,2-3,11-12H2,1,4-6H3. The third kappa shape index (κ3) is 3.53. The molecule has 2 atom stereocenters. The van der Waals surface area contributed by atoms with Crippen molar-refractivity contribution < 1.29 is 0 Å². The summed E-state index contributed by atoms with van der Waals surface area (Å²) in [5.74, 6) is 0.492. The van der Waals surface area contributed by atoms with Gasteiger partial charge < -0.3 is 5.32 Å². The lowest BCUT2D eigenvalue weighted by Gasteiger charge is -2.44. The number of aryl methyl sites for hydroxylation is 1. The summed E-state index contributed by atoms with van der Waals surface area (Å²) < 4.78 is 0.